The molecule has 0 atom stereocenters. The fourth-order valence-corrected chi connectivity index (χ4v) is 2.98. The van der Waals surface area contributed by atoms with Crippen molar-refractivity contribution in [2.24, 2.45) is 5.73 Å². The van der Waals surface area contributed by atoms with Crippen LogP contribution in [0.1, 0.15) is 43.0 Å². The van der Waals surface area contributed by atoms with E-state index in [0.29, 0.717) is 19.2 Å². The number of hydrogen-bond acceptors (Lipinski definition) is 3. The molecule has 1 saturated carbocycles. The van der Waals surface area contributed by atoms with Gasteiger partial charge < -0.3 is 10.5 Å². The van der Waals surface area contributed by atoms with E-state index < -0.39 is 0 Å². The zero-order chi connectivity index (χ0) is 14.5. The van der Waals surface area contributed by atoms with E-state index >= 15 is 0 Å². The molecule has 0 amide bonds. The Morgan fingerprint density at radius 1 is 1.19 bits per heavy atom. The summed E-state index contributed by atoms with van der Waals surface area (Å²) in [7, 11) is 0. The van der Waals surface area contributed by atoms with E-state index in [-0.39, 0.29) is 0 Å². The van der Waals surface area contributed by atoms with Crippen LogP contribution in [0.4, 0.5) is 0 Å². The Hall–Kier alpha value is -1.81. The Kier molecular flexibility index (Phi) is 4.55. The summed E-state index contributed by atoms with van der Waals surface area (Å²) in [6.07, 6.45) is 8.07. The smallest absolute Gasteiger partial charge is 0.132 e. The van der Waals surface area contributed by atoms with Crippen molar-refractivity contribution >= 4 is 0 Å². The number of ether oxygens (including phenoxy) is 1. The van der Waals surface area contributed by atoms with E-state index in [2.05, 4.69) is 28.1 Å². The van der Waals surface area contributed by atoms with Crippen LogP contribution in [0.25, 0.3) is 0 Å². The minimum Gasteiger partial charge on any atom is -0.487 e. The molecule has 0 radical (unpaired) electrons. The van der Waals surface area contributed by atoms with Gasteiger partial charge in [-0.05, 0) is 43.5 Å². The Labute approximate surface area is 125 Å². The van der Waals surface area contributed by atoms with Crippen molar-refractivity contribution in [1.82, 2.24) is 9.78 Å². The largest absolute Gasteiger partial charge is 0.487 e. The van der Waals surface area contributed by atoms with Crippen LogP contribution in [0.5, 0.6) is 5.75 Å². The van der Waals surface area contributed by atoms with Gasteiger partial charge in [-0.2, -0.15) is 5.10 Å². The molecule has 0 aliphatic heterocycles. The lowest BCUT2D eigenvalue weighted by Crippen LogP contribution is -2.07. The molecule has 2 N–H and O–H groups in total. The molecular weight excluding hydrogens is 262 g/mol. The molecule has 1 fully saturated rings. The molecular formula is C17H23N3O. The van der Waals surface area contributed by atoms with Crippen LogP contribution in [0.15, 0.2) is 36.5 Å². The first-order valence-corrected chi connectivity index (χ1v) is 7.81. The maximum Gasteiger partial charge on any atom is 0.132 e. The predicted octanol–water partition coefficient (Wildman–Crippen LogP) is 3.08. The molecule has 0 saturated heterocycles. The van der Waals surface area contributed by atoms with Gasteiger partial charge in [0, 0.05) is 6.20 Å². The van der Waals surface area contributed by atoms with Gasteiger partial charge in [0.1, 0.15) is 12.4 Å². The third-order valence-electron chi connectivity index (χ3n) is 4.12. The van der Waals surface area contributed by atoms with Crippen molar-refractivity contribution < 1.29 is 4.74 Å². The van der Waals surface area contributed by atoms with Crippen molar-refractivity contribution in [2.75, 3.05) is 6.54 Å². The van der Waals surface area contributed by atoms with Crippen LogP contribution in [0.2, 0.25) is 0 Å². The van der Waals surface area contributed by atoms with Crippen molar-refractivity contribution in [3.05, 3.63) is 47.8 Å². The highest BCUT2D eigenvalue weighted by atomic mass is 16.5. The van der Waals surface area contributed by atoms with E-state index in [1.165, 1.54) is 25.7 Å². The summed E-state index contributed by atoms with van der Waals surface area (Å²) in [5.74, 6) is 0.915. The number of benzene rings is 1. The monoisotopic (exact) mass is 285 g/mol. The number of aromatic nitrogens is 2. The minimum absolute atomic E-state index is 0.515. The van der Waals surface area contributed by atoms with E-state index in [1.54, 1.807) is 0 Å². The molecule has 0 bridgehead atoms. The molecule has 21 heavy (non-hydrogen) atoms. The van der Waals surface area contributed by atoms with Crippen LogP contribution in [0.3, 0.4) is 0 Å². The summed E-state index contributed by atoms with van der Waals surface area (Å²) in [5, 5.41) is 4.65. The number of para-hydroxylation sites is 1. The van der Waals surface area contributed by atoms with E-state index in [4.69, 9.17) is 10.5 Å². The summed E-state index contributed by atoms with van der Waals surface area (Å²) in [6.45, 7) is 1.15. The summed E-state index contributed by atoms with van der Waals surface area (Å²) in [4.78, 5) is 0. The second kappa shape index (κ2) is 6.76. The topological polar surface area (TPSA) is 53.1 Å². The SMILES string of the molecule is NCCc1ccccc1OCc1ccn(C2CCCC2)n1. The van der Waals surface area contributed by atoms with Crippen LogP contribution in [0, 0.1) is 0 Å². The fraction of sp³-hybridized carbons (Fsp3) is 0.471. The summed E-state index contributed by atoms with van der Waals surface area (Å²) in [6, 6.07) is 10.7. The fourth-order valence-electron chi connectivity index (χ4n) is 2.98. The molecule has 1 aromatic carbocycles. The maximum absolute atomic E-state index is 5.92. The van der Waals surface area contributed by atoms with Crippen molar-refractivity contribution in [3.8, 4) is 5.75 Å². The molecule has 2 aromatic rings. The third kappa shape index (κ3) is 3.45. The quantitative estimate of drug-likeness (QED) is 0.887. The Morgan fingerprint density at radius 2 is 2.00 bits per heavy atom. The summed E-state index contributed by atoms with van der Waals surface area (Å²) >= 11 is 0. The molecule has 1 aromatic heterocycles. The minimum atomic E-state index is 0.515. The highest BCUT2D eigenvalue weighted by Crippen LogP contribution is 2.28. The van der Waals surface area contributed by atoms with Crippen LogP contribution >= 0.6 is 0 Å². The average Bonchev–Trinajstić information content (AvgIpc) is 3.18. The molecule has 1 aliphatic carbocycles. The number of nitrogens with zero attached hydrogens (tertiary/aromatic N) is 2. The van der Waals surface area contributed by atoms with Gasteiger partial charge in [0.15, 0.2) is 0 Å². The second-order valence-electron chi connectivity index (χ2n) is 5.66. The summed E-state index contributed by atoms with van der Waals surface area (Å²) in [5.41, 5.74) is 7.79. The predicted molar refractivity (Wildman–Crippen MR) is 83.3 cm³/mol. The average molecular weight is 285 g/mol. The summed E-state index contributed by atoms with van der Waals surface area (Å²) < 4.78 is 8.03. The van der Waals surface area contributed by atoms with Gasteiger partial charge in [0.05, 0.1) is 11.7 Å². The van der Waals surface area contributed by atoms with E-state index in [1.807, 2.05) is 18.2 Å². The van der Waals surface area contributed by atoms with Gasteiger partial charge in [-0.1, -0.05) is 31.0 Å². The molecule has 0 spiro atoms. The molecule has 1 heterocycles. The first kappa shape index (κ1) is 14.1. The maximum atomic E-state index is 5.92. The Balaban J connectivity index is 1.62. The Morgan fingerprint density at radius 3 is 2.81 bits per heavy atom. The van der Waals surface area contributed by atoms with Crippen LogP contribution in [-0.2, 0) is 13.0 Å². The van der Waals surface area contributed by atoms with Gasteiger partial charge in [-0.25, -0.2) is 0 Å². The van der Waals surface area contributed by atoms with Crippen molar-refractivity contribution in [2.45, 2.75) is 44.8 Å². The Bertz CT molecular complexity index is 573. The molecule has 4 heteroatoms. The normalized spacial score (nSPS) is 15.5. The first-order valence-electron chi connectivity index (χ1n) is 7.81. The van der Waals surface area contributed by atoms with Gasteiger partial charge in [-0.15, -0.1) is 0 Å². The number of nitrogens with two attached hydrogens (primary N) is 1. The molecule has 1 aliphatic rings. The van der Waals surface area contributed by atoms with Crippen LogP contribution in [-0.4, -0.2) is 16.3 Å². The molecule has 3 rings (SSSR count). The van der Waals surface area contributed by atoms with Gasteiger partial charge in [-0.3, -0.25) is 4.68 Å². The number of hydrogen-bond donors (Lipinski definition) is 1. The molecule has 0 unspecified atom stereocenters. The van der Waals surface area contributed by atoms with Gasteiger partial charge in [0.25, 0.3) is 0 Å². The standard InChI is InChI=1S/C17H23N3O/c18-11-9-14-5-1-4-8-17(14)21-13-15-10-12-20(19-15)16-6-2-3-7-16/h1,4-5,8,10,12,16H,2-3,6-7,9,11,13,18H2. The van der Waals surface area contributed by atoms with Crippen molar-refractivity contribution in [1.29, 1.82) is 0 Å². The van der Waals surface area contributed by atoms with Gasteiger partial charge >= 0.3 is 0 Å². The lowest BCUT2D eigenvalue weighted by atomic mass is 10.1. The van der Waals surface area contributed by atoms with E-state index in [0.717, 1.165) is 23.4 Å². The molecule has 4 nitrogen and oxygen atoms in total. The third-order valence-corrected chi connectivity index (χ3v) is 4.12. The first-order chi connectivity index (χ1) is 10.4. The zero-order valence-electron chi connectivity index (χ0n) is 12.4. The van der Waals surface area contributed by atoms with E-state index in [9.17, 15) is 0 Å². The number of rotatable bonds is 6. The van der Waals surface area contributed by atoms with Gasteiger partial charge in [0.2, 0.25) is 0 Å². The van der Waals surface area contributed by atoms with Crippen LogP contribution < -0.4 is 10.5 Å². The lowest BCUT2D eigenvalue weighted by Gasteiger charge is -2.10. The van der Waals surface area contributed by atoms with Crippen molar-refractivity contribution in [3.63, 3.8) is 0 Å². The molecule has 112 valence electrons. The lowest BCUT2D eigenvalue weighted by molar-refractivity contribution is 0.295. The second-order valence-corrected chi connectivity index (χ2v) is 5.66. The zero-order valence-corrected chi connectivity index (χ0v) is 12.4. The highest BCUT2D eigenvalue weighted by molar-refractivity contribution is 5.33. The highest BCUT2D eigenvalue weighted by Gasteiger charge is 2.17.